The molecule has 0 bridgehead atoms. The van der Waals surface area contributed by atoms with Crippen molar-refractivity contribution >= 4 is 26.2 Å². The van der Waals surface area contributed by atoms with E-state index in [1.165, 1.54) is 0 Å². The van der Waals surface area contributed by atoms with Crippen LogP contribution in [0.5, 0.6) is 0 Å². The van der Waals surface area contributed by atoms with Crippen LogP contribution < -0.4 is 10.7 Å². The van der Waals surface area contributed by atoms with Gasteiger partial charge in [-0.1, -0.05) is 47.5 Å². The third kappa shape index (κ3) is 3.00. The molecule has 22 heavy (non-hydrogen) atoms. The molecule has 3 rings (SSSR count). The lowest BCUT2D eigenvalue weighted by atomic mass is 10.2. The minimum Gasteiger partial charge on any atom is -0.252 e. The van der Waals surface area contributed by atoms with Gasteiger partial charge in [-0.05, 0) is 35.9 Å². The smallest absolute Gasteiger partial charge is 0.252 e. The van der Waals surface area contributed by atoms with Crippen LogP contribution >= 0.6 is 26.2 Å². The Bertz CT molecular complexity index is 895. The molecular formula is C13H8BrF5N2S. The molecule has 0 saturated carbocycles. The van der Waals surface area contributed by atoms with Crippen LogP contribution in [0, 0.1) is 0 Å². The Labute approximate surface area is 130 Å². The molecular weight excluding hydrogens is 391 g/mol. The average Bonchev–Trinajstić information content (AvgIpc) is 2.78. The molecule has 2 aromatic carbocycles. The van der Waals surface area contributed by atoms with Crippen molar-refractivity contribution in [3.05, 3.63) is 63.2 Å². The molecule has 1 atom stereocenters. The van der Waals surface area contributed by atoms with E-state index in [1.807, 2.05) is 0 Å². The van der Waals surface area contributed by atoms with Gasteiger partial charge in [-0.2, -0.15) is 0 Å². The van der Waals surface area contributed by atoms with Crippen molar-refractivity contribution in [2.75, 3.05) is 0 Å². The number of rotatable bonds is 2. The van der Waals surface area contributed by atoms with Gasteiger partial charge in [0.1, 0.15) is 4.90 Å². The number of nitrogens with zero attached hydrogens (tertiary/aromatic N) is 2. The van der Waals surface area contributed by atoms with Crippen molar-refractivity contribution in [3.8, 4) is 0 Å². The van der Waals surface area contributed by atoms with E-state index in [1.54, 1.807) is 24.3 Å². The molecule has 0 spiro atoms. The third-order valence-corrected chi connectivity index (χ3v) is 4.70. The predicted octanol–water partition coefficient (Wildman–Crippen LogP) is 5.06. The number of hydrogen-bond donors (Lipinski definition) is 0. The molecule has 0 aromatic heterocycles. The minimum absolute atomic E-state index is 0.163. The number of fused-ring (bicyclic) bond motifs is 1. The minimum atomic E-state index is -9.70. The van der Waals surface area contributed by atoms with Crippen molar-refractivity contribution in [1.82, 2.24) is 0 Å². The van der Waals surface area contributed by atoms with Gasteiger partial charge in [0.05, 0.1) is 10.7 Å². The Morgan fingerprint density at radius 3 is 2.18 bits per heavy atom. The average molecular weight is 399 g/mol. The quantitative estimate of drug-likeness (QED) is 0.631. The van der Waals surface area contributed by atoms with Crippen LogP contribution in [0.25, 0.3) is 0 Å². The van der Waals surface area contributed by atoms with E-state index in [2.05, 4.69) is 25.9 Å². The fourth-order valence-electron chi connectivity index (χ4n) is 2.06. The number of benzene rings is 2. The second kappa shape index (κ2) is 4.08. The highest BCUT2D eigenvalue weighted by Gasteiger charge is 2.65. The molecule has 0 aliphatic carbocycles. The van der Waals surface area contributed by atoms with Gasteiger partial charge in [0.25, 0.3) is 0 Å². The Kier molecular flexibility index (Phi) is 2.86. The van der Waals surface area contributed by atoms with Crippen molar-refractivity contribution in [3.63, 3.8) is 0 Å². The van der Waals surface area contributed by atoms with E-state index in [-0.39, 0.29) is 10.7 Å². The number of halogens is 6. The summed E-state index contributed by atoms with van der Waals surface area (Å²) in [5.41, 5.74) is 0.652. The van der Waals surface area contributed by atoms with E-state index in [0.29, 0.717) is 17.7 Å². The van der Waals surface area contributed by atoms with Gasteiger partial charge in [0.2, 0.25) is 0 Å². The molecule has 1 heterocycles. The first-order valence-corrected chi connectivity index (χ1v) is 8.72. The van der Waals surface area contributed by atoms with E-state index >= 15 is 0 Å². The van der Waals surface area contributed by atoms with E-state index < -0.39 is 21.3 Å². The van der Waals surface area contributed by atoms with Gasteiger partial charge in [-0.25, -0.2) is 0 Å². The maximum atomic E-state index is 12.8. The molecule has 0 amide bonds. The Morgan fingerprint density at radius 2 is 1.55 bits per heavy atom. The summed E-state index contributed by atoms with van der Waals surface area (Å²) in [7, 11) is -9.70. The number of hydrogen-bond acceptors (Lipinski definition) is 2. The zero-order chi connectivity index (χ0) is 16.2. The SMILES string of the molecule is FS(F)(F)(F)(F)c1ccc2c(c1)=N[C@H](c1cccc(Br)c1)N=2. The van der Waals surface area contributed by atoms with Crippen LogP contribution in [0.1, 0.15) is 11.7 Å². The normalized spacial score (nSPS) is 20.4. The van der Waals surface area contributed by atoms with Gasteiger partial charge < -0.3 is 0 Å². The molecule has 2 aromatic rings. The lowest BCUT2D eigenvalue weighted by Crippen LogP contribution is -2.23. The summed E-state index contributed by atoms with van der Waals surface area (Å²) in [4.78, 5) is 6.19. The van der Waals surface area contributed by atoms with E-state index in [0.717, 1.165) is 10.5 Å². The van der Waals surface area contributed by atoms with E-state index in [4.69, 9.17) is 0 Å². The van der Waals surface area contributed by atoms with Crippen LogP contribution in [-0.2, 0) is 0 Å². The molecule has 0 N–H and O–H groups in total. The van der Waals surface area contributed by atoms with Gasteiger partial charge in [0.15, 0.2) is 6.17 Å². The fraction of sp³-hybridized carbons (Fsp3) is 0.0769. The van der Waals surface area contributed by atoms with Crippen LogP contribution in [0.15, 0.2) is 61.8 Å². The van der Waals surface area contributed by atoms with Crippen molar-refractivity contribution in [2.24, 2.45) is 9.98 Å². The first kappa shape index (κ1) is 15.4. The van der Waals surface area contributed by atoms with Gasteiger partial charge in [0, 0.05) is 4.47 Å². The van der Waals surface area contributed by atoms with Crippen LogP contribution in [0.4, 0.5) is 19.4 Å². The largest absolute Gasteiger partial charge is 0.310 e. The monoisotopic (exact) mass is 398 g/mol. The summed E-state index contributed by atoms with van der Waals surface area (Å²) >= 11 is 3.27. The second-order valence-electron chi connectivity index (χ2n) is 4.81. The summed E-state index contributed by atoms with van der Waals surface area (Å²) in [6.45, 7) is 0. The molecule has 2 nitrogen and oxygen atoms in total. The Balaban J connectivity index is 2.12. The molecule has 0 fully saturated rings. The third-order valence-electron chi connectivity index (χ3n) is 3.06. The molecule has 0 saturated heterocycles. The van der Waals surface area contributed by atoms with Crippen molar-refractivity contribution in [1.29, 1.82) is 0 Å². The van der Waals surface area contributed by atoms with Gasteiger partial charge >= 0.3 is 10.2 Å². The zero-order valence-corrected chi connectivity index (χ0v) is 13.1. The highest BCUT2D eigenvalue weighted by Crippen LogP contribution is 3.01. The van der Waals surface area contributed by atoms with Gasteiger partial charge in [-0.15, -0.1) is 0 Å². The highest BCUT2D eigenvalue weighted by molar-refractivity contribution is 9.10. The highest BCUT2D eigenvalue weighted by atomic mass is 79.9. The Hall–Kier alpha value is -1.48. The first-order valence-electron chi connectivity index (χ1n) is 5.98. The van der Waals surface area contributed by atoms with E-state index in [9.17, 15) is 19.4 Å². The zero-order valence-electron chi connectivity index (χ0n) is 10.7. The molecule has 1 aliphatic heterocycles. The molecule has 0 unspecified atom stereocenters. The maximum absolute atomic E-state index is 12.8. The lowest BCUT2D eigenvalue weighted by molar-refractivity contribution is 0.364. The molecule has 9 heteroatoms. The summed E-state index contributed by atoms with van der Waals surface area (Å²) in [5.74, 6) is 0. The summed E-state index contributed by atoms with van der Waals surface area (Å²) in [6.07, 6.45) is -0.735. The van der Waals surface area contributed by atoms with Crippen molar-refractivity contribution < 1.29 is 19.4 Å². The molecule has 118 valence electrons. The predicted molar refractivity (Wildman–Crippen MR) is 77.0 cm³/mol. The summed E-state index contributed by atoms with van der Waals surface area (Å²) < 4.78 is 64.8. The maximum Gasteiger partial charge on any atom is 0.310 e. The Morgan fingerprint density at radius 1 is 0.864 bits per heavy atom. The van der Waals surface area contributed by atoms with Crippen LogP contribution in [-0.4, -0.2) is 0 Å². The summed E-state index contributed by atoms with van der Waals surface area (Å²) in [5, 5.41) is -0.0219. The van der Waals surface area contributed by atoms with Crippen LogP contribution in [0.3, 0.4) is 0 Å². The standard InChI is InChI=1S/C13H8BrF5N2S/c14-9-3-1-2-8(6-9)13-20-11-5-4-10(7-12(11)21-13)22(15,16,17,18)19/h1-7,13H/t13-/m1/s1. The van der Waals surface area contributed by atoms with Gasteiger partial charge in [-0.3, -0.25) is 9.98 Å². The first-order chi connectivity index (χ1) is 9.92. The fourth-order valence-corrected chi connectivity index (χ4v) is 3.14. The van der Waals surface area contributed by atoms with Crippen LogP contribution in [0.2, 0.25) is 0 Å². The molecule has 1 aliphatic rings. The van der Waals surface area contributed by atoms with Crippen molar-refractivity contribution in [2.45, 2.75) is 11.1 Å². The molecule has 0 radical (unpaired) electrons. The lowest BCUT2D eigenvalue weighted by Gasteiger charge is -2.40. The summed E-state index contributed by atoms with van der Waals surface area (Å²) in [6, 6.07) is 8.56. The topological polar surface area (TPSA) is 24.7 Å². The second-order valence-corrected chi connectivity index (χ2v) is 8.13.